The highest BCUT2D eigenvalue weighted by Gasteiger charge is 2.15. The van der Waals surface area contributed by atoms with Crippen LogP contribution in [0, 0.1) is 0 Å². The second-order valence-corrected chi connectivity index (χ2v) is 4.89. The summed E-state index contributed by atoms with van der Waals surface area (Å²) in [5.41, 5.74) is 2.15. The molecule has 0 saturated heterocycles. The summed E-state index contributed by atoms with van der Waals surface area (Å²) in [5.74, 6) is -0.0586. The standard InChI is InChI=1S/C17H16N2O2/c1-2-18-14-10-6-7-11-15(14)19(17(18)21)12-16(20)13-8-4-3-5-9-13/h3-11H,2,12H2,1H3. The normalized spacial score (nSPS) is 10.9. The molecule has 106 valence electrons. The van der Waals surface area contributed by atoms with Crippen molar-refractivity contribution in [2.75, 3.05) is 0 Å². The molecule has 0 atom stereocenters. The van der Waals surface area contributed by atoms with Crippen molar-refractivity contribution in [1.82, 2.24) is 9.13 Å². The maximum atomic E-state index is 12.5. The van der Waals surface area contributed by atoms with Crippen LogP contribution >= 0.6 is 0 Å². The van der Waals surface area contributed by atoms with Crippen LogP contribution in [0.1, 0.15) is 17.3 Å². The zero-order chi connectivity index (χ0) is 14.8. The van der Waals surface area contributed by atoms with Gasteiger partial charge in [0.05, 0.1) is 17.6 Å². The number of carbonyl (C=O) groups excluding carboxylic acids is 1. The van der Waals surface area contributed by atoms with Crippen molar-refractivity contribution >= 4 is 16.8 Å². The van der Waals surface area contributed by atoms with Crippen LogP contribution in [-0.4, -0.2) is 14.9 Å². The molecule has 3 rings (SSSR count). The number of fused-ring (bicyclic) bond motifs is 1. The number of benzene rings is 2. The largest absolute Gasteiger partial charge is 0.329 e. The topological polar surface area (TPSA) is 44.0 Å². The highest BCUT2D eigenvalue weighted by atomic mass is 16.2. The summed E-state index contributed by atoms with van der Waals surface area (Å²) in [6, 6.07) is 16.6. The number of hydrogen-bond acceptors (Lipinski definition) is 2. The minimum Gasteiger partial charge on any atom is -0.292 e. The van der Waals surface area contributed by atoms with Crippen LogP contribution in [0.25, 0.3) is 11.0 Å². The number of Topliss-reactive ketones (excluding diaryl/α,β-unsaturated/α-hetero) is 1. The Kier molecular flexibility index (Phi) is 3.44. The lowest BCUT2D eigenvalue weighted by Crippen LogP contribution is -2.26. The molecule has 0 aliphatic carbocycles. The smallest absolute Gasteiger partial charge is 0.292 e. The Balaban J connectivity index is 2.07. The Hall–Kier alpha value is -2.62. The molecule has 0 N–H and O–H groups in total. The highest BCUT2D eigenvalue weighted by molar-refractivity contribution is 5.96. The predicted molar refractivity (Wildman–Crippen MR) is 82.6 cm³/mol. The van der Waals surface area contributed by atoms with E-state index in [0.29, 0.717) is 12.1 Å². The Morgan fingerprint density at radius 3 is 2.10 bits per heavy atom. The van der Waals surface area contributed by atoms with Gasteiger partial charge in [0, 0.05) is 12.1 Å². The average molecular weight is 280 g/mol. The molecule has 0 aliphatic rings. The van der Waals surface area contributed by atoms with E-state index in [1.54, 1.807) is 21.3 Å². The summed E-state index contributed by atoms with van der Waals surface area (Å²) in [4.78, 5) is 24.8. The fourth-order valence-corrected chi connectivity index (χ4v) is 2.59. The Morgan fingerprint density at radius 1 is 0.905 bits per heavy atom. The first-order valence-electron chi connectivity index (χ1n) is 6.98. The molecule has 0 spiro atoms. The lowest BCUT2D eigenvalue weighted by atomic mass is 10.1. The second-order valence-electron chi connectivity index (χ2n) is 4.89. The van der Waals surface area contributed by atoms with E-state index in [0.717, 1.165) is 11.0 Å². The Labute approximate surface area is 122 Å². The number of para-hydroxylation sites is 2. The number of imidazole rings is 1. The predicted octanol–water partition coefficient (Wildman–Crippen LogP) is 2.71. The molecule has 1 heterocycles. The van der Waals surface area contributed by atoms with Gasteiger partial charge in [-0.25, -0.2) is 4.79 Å². The van der Waals surface area contributed by atoms with E-state index in [4.69, 9.17) is 0 Å². The molecule has 4 heteroatoms. The second kappa shape index (κ2) is 5.40. The van der Waals surface area contributed by atoms with Gasteiger partial charge in [-0.1, -0.05) is 42.5 Å². The van der Waals surface area contributed by atoms with Crippen LogP contribution in [0.2, 0.25) is 0 Å². The third kappa shape index (κ3) is 2.29. The van der Waals surface area contributed by atoms with E-state index in [1.807, 2.05) is 49.4 Å². The first-order valence-corrected chi connectivity index (χ1v) is 6.98. The van der Waals surface area contributed by atoms with Crippen LogP contribution in [0.4, 0.5) is 0 Å². The third-order valence-corrected chi connectivity index (χ3v) is 3.64. The van der Waals surface area contributed by atoms with E-state index in [2.05, 4.69) is 0 Å². The summed E-state index contributed by atoms with van der Waals surface area (Å²) in [6.07, 6.45) is 0. The molecule has 0 bridgehead atoms. The van der Waals surface area contributed by atoms with E-state index >= 15 is 0 Å². The molecular formula is C17H16N2O2. The minimum absolute atomic E-state index is 0.0586. The van der Waals surface area contributed by atoms with Gasteiger partial charge in [0.1, 0.15) is 0 Å². The van der Waals surface area contributed by atoms with Gasteiger partial charge in [-0.3, -0.25) is 13.9 Å². The van der Waals surface area contributed by atoms with Gasteiger partial charge in [0.15, 0.2) is 5.78 Å². The van der Waals surface area contributed by atoms with Gasteiger partial charge in [-0.2, -0.15) is 0 Å². The highest BCUT2D eigenvalue weighted by Crippen LogP contribution is 2.13. The SMILES string of the molecule is CCn1c(=O)n(CC(=O)c2ccccc2)c2ccccc21. The molecule has 0 radical (unpaired) electrons. The van der Waals surface area contributed by atoms with Crippen molar-refractivity contribution in [2.24, 2.45) is 0 Å². The van der Waals surface area contributed by atoms with Crippen molar-refractivity contribution in [2.45, 2.75) is 20.0 Å². The number of nitrogens with zero attached hydrogens (tertiary/aromatic N) is 2. The molecule has 0 aliphatic heterocycles. The molecule has 0 fully saturated rings. The van der Waals surface area contributed by atoms with E-state index in [-0.39, 0.29) is 18.0 Å². The number of carbonyl (C=O) groups is 1. The Bertz CT molecular complexity index is 844. The van der Waals surface area contributed by atoms with Crippen molar-refractivity contribution < 1.29 is 4.79 Å². The van der Waals surface area contributed by atoms with Crippen molar-refractivity contribution in [3.63, 3.8) is 0 Å². The molecule has 0 saturated carbocycles. The van der Waals surface area contributed by atoms with E-state index < -0.39 is 0 Å². The summed E-state index contributed by atoms with van der Waals surface area (Å²) in [7, 11) is 0. The summed E-state index contributed by atoms with van der Waals surface area (Å²) >= 11 is 0. The van der Waals surface area contributed by atoms with Crippen LogP contribution < -0.4 is 5.69 Å². The maximum absolute atomic E-state index is 12.5. The summed E-state index contributed by atoms with van der Waals surface area (Å²) in [5, 5.41) is 0. The number of rotatable bonds is 4. The van der Waals surface area contributed by atoms with Gasteiger partial charge in [-0.05, 0) is 19.1 Å². The molecule has 2 aromatic carbocycles. The fourth-order valence-electron chi connectivity index (χ4n) is 2.59. The van der Waals surface area contributed by atoms with Crippen molar-refractivity contribution in [3.8, 4) is 0 Å². The van der Waals surface area contributed by atoms with E-state index in [9.17, 15) is 9.59 Å². The lowest BCUT2D eigenvalue weighted by molar-refractivity contribution is 0.0972. The van der Waals surface area contributed by atoms with E-state index in [1.165, 1.54) is 0 Å². The zero-order valence-electron chi connectivity index (χ0n) is 11.8. The first-order chi connectivity index (χ1) is 10.2. The van der Waals surface area contributed by atoms with Crippen LogP contribution in [0.15, 0.2) is 59.4 Å². The molecule has 1 aromatic heterocycles. The van der Waals surface area contributed by atoms with Crippen molar-refractivity contribution in [3.05, 3.63) is 70.6 Å². The van der Waals surface area contributed by atoms with Gasteiger partial charge in [-0.15, -0.1) is 0 Å². The van der Waals surface area contributed by atoms with Crippen LogP contribution in [0.5, 0.6) is 0 Å². The first kappa shape index (κ1) is 13.4. The summed E-state index contributed by atoms with van der Waals surface area (Å²) in [6.45, 7) is 2.58. The number of ketones is 1. The van der Waals surface area contributed by atoms with Crippen LogP contribution in [-0.2, 0) is 13.1 Å². The number of aromatic nitrogens is 2. The fraction of sp³-hybridized carbons (Fsp3) is 0.176. The molecule has 3 aromatic rings. The number of aryl methyl sites for hydroxylation is 1. The van der Waals surface area contributed by atoms with Gasteiger partial charge in [0.2, 0.25) is 0 Å². The van der Waals surface area contributed by atoms with Crippen molar-refractivity contribution in [1.29, 1.82) is 0 Å². The molecular weight excluding hydrogens is 264 g/mol. The third-order valence-electron chi connectivity index (χ3n) is 3.64. The van der Waals surface area contributed by atoms with Gasteiger partial charge >= 0.3 is 5.69 Å². The quantitative estimate of drug-likeness (QED) is 0.690. The average Bonchev–Trinajstić information content (AvgIpc) is 2.80. The minimum atomic E-state index is -0.136. The van der Waals surface area contributed by atoms with Gasteiger partial charge < -0.3 is 0 Å². The van der Waals surface area contributed by atoms with Gasteiger partial charge in [0.25, 0.3) is 0 Å². The summed E-state index contributed by atoms with van der Waals surface area (Å²) < 4.78 is 3.24. The van der Waals surface area contributed by atoms with Crippen LogP contribution in [0.3, 0.4) is 0 Å². The number of hydrogen-bond donors (Lipinski definition) is 0. The lowest BCUT2D eigenvalue weighted by Gasteiger charge is -2.02. The zero-order valence-corrected chi connectivity index (χ0v) is 11.8. The molecule has 0 unspecified atom stereocenters. The Morgan fingerprint density at radius 2 is 1.48 bits per heavy atom. The molecule has 21 heavy (non-hydrogen) atoms. The monoisotopic (exact) mass is 280 g/mol. The maximum Gasteiger partial charge on any atom is 0.329 e. The molecule has 0 amide bonds. The molecule has 4 nitrogen and oxygen atoms in total.